The average molecular weight is 539 g/mol. The third-order valence-electron chi connectivity index (χ3n) is 6.77. The van der Waals surface area contributed by atoms with Crippen molar-refractivity contribution in [2.24, 2.45) is 11.3 Å². The van der Waals surface area contributed by atoms with Crippen LogP contribution in [0, 0.1) is 17.2 Å². The summed E-state index contributed by atoms with van der Waals surface area (Å²) < 4.78 is 56.9. The minimum Gasteiger partial charge on any atom is -0.405 e. The number of carbonyl (C=O) groups is 2. The van der Waals surface area contributed by atoms with Gasteiger partial charge in [0.25, 0.3) is 5.91 Å². The van der Waals surface area contributed by atoms with Crippen molar-refractivity contribution in [3.05, 3.63) is 102 Å². The Bertz CT molecular complexity index is 1480. The number of ether oxygens (including phenoxy) is 1. The van der Waals surface area contributed by atoms with Crippen LogP contribution in [-0.2, 0) is 4.79 Å². The molecule has 5 rings (SSSR count). The Balaban J connectivity index is 1.54. The molecule has 2 heterocycles. The van der Waals surface area contributed by atoms with Gasteiger partial charge in [0.1, 0.15) is 11.6 Å². The molecule has 1 fully saturated rings. The SMILES string of the molecule is CC1(C)C(=O)N(c2ncccn2)C2=CC=CC(c3ccc(OC(F)(F)F)c(C(=O)Nc4ccc(F)cc4)c3)C21. The zero-order valence-electron chi connectivity index (χ0n) is 20.7. The molecule has 1 N–H and O–H groups in total. The van der Waals surface area contributed by atoms with Crippen molar-refractivity contribution in [3.8, 4) is 5.75 Å². The summed E-state index contributed by atoms with van der Waals surface area (Å²) in [7, 11) is 0. The fourth-order valence-electron chi connectivity index (χ4n) is 5.04. The van der Waals surface area contributed by atoms with Gasteiger partial charge in [-0.05, 0) is 54.1 Å². The number of benzene rings is 2. The standard InChI is InChI=1S/C28H22F4N4O3/c1-27(2)23-19(5-3-6-21(23)36(25(27)38)26-33-13-4-14-34-26)16-7-12-22(39-28(30,31)32)20(15-16)24(37)35-18-10-8-17(29)9-11-18/h3-15,19,23H,1-2H3,(H,35,37). The first-order valence-electron chi connectivity index (χ1n) is 11.9. The number of allylic oxidation sites excluding steroid dienone is 4. The Kier molecular flexibility index (Phi) is 6.45. The number of anilines is 2. The molecule has 2 aliphatic rings. The molecule has 0 radical (unpaired) electrons. The summed E-state index contributed by atoms with van der Waals surface area (Å²) in [6.07, 6.45) is 3.38. The van der Waals surface area contributed by atoms with Crippen LogP contribution in [0.4, 0.5) is 29.2 Å². The predicted molar refractivity (Wildman–Crippen MR) is 134 cm³/mol. The maximum Gasteiger partial charge on any atom is 0.573 e. The number of alkyl halides is 3. The lowest BCUT2D eigenvalue weighted by atomic mass is 9.68. The smallest absolute Gasteiger partial charge is 0.405 e. The van der Waals surface area contributed by atoms with Crippen LogP contribution < -0.4 is 15.0 Å². The molecule has 1 saturated heterocycles. The molecule has 2 amide bonds. The van der Waals surface area contributed by atoms with Crippen molar-refractivity contribution in [1.29, 1.82) is 0 Å². The lowest BCUT2D eigenvalue weighted by Crippen LogP contribution is -2.33. The monoisotopic (exact) mass is 538 g/mol. The second-order valence-corrected chi connectivity index (χ2v) is 9.66. The van der Waals surface area contributed by atoms with Gasteiger partial charge in [-0.1, -0.05) is 32.1 Å². The molecule has 2 aromatic carbocycles. The van der Waals surface area contributed by atoms with Gasteiger partial charge < -0.3 is 10.1 Å². The molecule has 11 heteroatoms. The second-order valence-electron chi connectivity index (χ2n) is 9.66. The van der Waals surface area contributed by atoms with Gasteiger partial charge in [-0.15, -0.1) is 13.2 Å². The molecular weight excluding hydrogens is 516 g/mol. The van der Waals surface area contributed by atoms with Gasteiger partial charge in [-0.25, -0.2) is 14.4 Å². The summed E-state index contributed by atoms with van der Waals surface area (Å²) in [6, 6.07) is 10.3. The van der Waals surface area contributed by atoms with Gasteiger partial charge in [-0.3, -0.25) is 14.5 Å². The Morgan fingerprint density at radius 3 is 2.44 bits per heavy atom. The van der Waals surface area contributed by atoms with E-state index in [2.05, 4.69) is 20.0 Å². The highest BCUT2D eigenvalue weighted by atomic mass is 19.4. The van der Waals surface area contributed by atoms with Crippen molar-refractivity contribution in [2.45, 2.75) is 26.1 Å². The van der Waals surface area contributed by atoms with Gasteiger partial charge in [0.05, 0.1) is 11.0 Å². The number of fused-ring (bicyclic) bond motifs is 1. The number of nitrogens with zero attached hydrogens (tertiary/aromatic N) is 3. The van der Waals surface area contributed by atoms with Gasteiger partial charge in [-0.2, -0.15) is 0 Å². The van der Waals surface area contributed by atoms with E-state index in [4.69, 9.17) is 0 Å². The minimum absolute atomic E-state index is 0.188. The van der Waals surface area contributed by atoms with E-state index in [1.165, 1.54) is 41.6 Å². The number of rotatable bonds is 5. The molecule has 200 valence electrons. The van der Waals surface area contributed by atoms with E-state index in [1.54, 1.807) is 32.1 Å². The topological polar surface area (TPSA) is 84.4 Å². The Labute approximate surface area is 220 Å². The highest BCUT2D eigenvalue weighted by Crippen LogP contribution is 2.53. The lowest BCUT2D eigenvalue weighted by Gasteiger charge is -2.32. The third kappa shape index (κ3) is 4.99. The van der Waals surface area contributed by atoms with Crippen LogP contribution in [0.5, 0.6) is 5.75 Å². The van der Waals surface area contributed by atoms with Gasteiger partial charge in [0.2, 0.25) is 11.9 Å². The number of nitrogens with one attached hydrogen (secondary N) is 1. The number of aromatic nitrogens is 2. The second kappa shape index (κ2) is 9.64. The zero-order valence-corrected chi connectivity index (χ0v) is 20.7. The molecule has 0 saturated carbocycles. The van der Waals surface area contributed by atoms with Gasteiger partial charge >= 0.3 is 6.36 Å². The minimum atomic E-state index is -5.04. The Morgan fingerprint density at radius 2 is 1.77 bits per heavy atom. The molecular formula is C28H22F4N4O3. The van der Waals surface area contributed by atoms with Crippen LogP contribution in [0.2, 0.25) is 0 Å². The summed E-state index contributed by atoms with van der Waals surface area (Å²) in [4.78, 5) is 36.5. The maximum atomic E-state index is 13.5. The van der Waals surface area contributed by atoms with Crippen molar-refractivity contribution >= 4 is 23.5 Å². The fraction of sp³-hybridized carbons (Fsp3) is 0.214. The van der Waals surface area contributed by atoms with E-state index < -0.39 is 41.1 Å². The van der Waals surface area contributed by atoms with E-state index in [0.29, 0.717) is 11.3 Å². The first-order valence-corrected chi connectivity index (χ1v) is 11.9. The molecule has 7 nitrogen and oxygen atoms in total. The van der Waals surface area contributed by atoms with Crippen LogP contribution in [0.3, 0.4) is 0 Å². The molecule has 1 aliphatic carbocycles. The van der Waals surface area contributed by atoms with Crippen LogP contribution in [-0.4, -0.2) is 28.1 Å². The molecule has 1 aromatic heterocycles. The largest absolute Gasteiger partial charge is 0.573 e. The third-order valence-corrected chi connectivity index (χ3v) is 6.77. The van der Waals surface area contributed by atoms with Gasteiger partial charge in [0, 0.05) is 35.6 Å². The van der Waals surface area contributed by atoms with Gasteiger partial charge in [0.15, 0.2) is 0 Å². The maximum absolute atomic E-state index is 13.5. The number of amides is 2. The van der Waals surface area contributed by atoms with Crippen LogP contribution in [0.25, 0.3) is 0 Å². The van der Waals surface area contributed by atoms with Crippen molar-refractivity contribution in [2.75, 3.05) is 10.2 Å². The Morgan fingerprint density at radius 1 is 1.08 bits per heavy atom. The fourth-order valence-corrected chi connectivity index (χ4v) is 5.04. The number of hydrogen-bond donors (Lipinski definition) is 1. The number of halogens is 4. The van der Waals surface area contributed by atoms with Crippen molar-refractivity contribution in [1.82, 2.24) is 9.97 Å². The first kappa shape index (κ1) is 26.1. The van der Waals surface area contributed by atoms with E-state index in [0.717, 1.165) is 18.2 Å². The average Bonchev–Trinajstić information content (AvgIpc) is 3.10. The number of carbonyl (C=O) groups excluding carboxylic acids is 2. The first-order chi connectivity index (χ1) is 18.5. The van der Waals surface area contributed by atoms with Crippen molar-refractivity contribution < 1.29 is 31.9 Å². The summed E-state index contributed by atoms with van der Waals surface area (Å²) in [6.45, 7) is 3.57. The molecule has 2 unspecified atom stereocenters. The van der Waals surface area contributed by atoms with Crippen LogP contribution in [0.15, 0.2) is 84.8 Å². The molecule has 3 aromatic rings. The predicted octanol–water partition coefficient (Wildman–Crippen LogP) is 5.99. The zero-order chi connectivity index (χ0) is 27.9. The number of hydrogen-bond acceptors (Lipinski definition) is 5. The molecule has 1 aliphatic heterocycles. The highest BCUT2D eigenvalue weighted by Gasteiger charge is 2.55. The molecule has 2 atom stereocenters. The molecule has 0 spiro atoms. The van der Waals surface area contributed by atoms with Crippen LogP contribution in [0.1, 0.15) is 35.7 Å². The molecule has 0 bridgehead atoms. The summed E-state index contributed by atoms with van der Waals surface area (Å²) in [5.41, 5.74) is 0.0181. The lowest BCUT2D eigenvalue weighted by molar-refractivity contribution is -0.274. The quantitative estimate of drug-likeness (QED) is 0.404. The van der Waals surface area contributed by atoms with Crippen molar-refractivity contribution in [3.63, 3.8) is 0 Å². The highest BCUT2D eigenvalue weighted by molar-refractivity contribution is 6.06. The normalized spacial score (nSPS) is 19.9. The van der Waals surface area contributed by atoms with E-state index in [1.807, 2.05) is 6.08 Å². The summed E-state index contributed by atoms with van der Waals surface area (Å²) >= 11 is 0. The summed E-state index contributed by atoms with van der Waals surface area (Å²) in [5.74, 6) is -3.03. The van der Waals surface area contributed by atoms with E-state index in [-0.39, 0.29) is 23.1 Å². The molecule has 39 heavy (non-hydrogen) atoms. The van der Waals surface area contributed by atoms with E-state index >= 15 is 0 Å². The van der Waals surface area contributed by atoms with Crippen LogP contribution >= 0.6 is 0 Å². The van der Waals surface area contributed by atoms with E-state index in [9.17, 15) is 27.2 Å². The summed E-state index contributed by atoms with van der Waals surface area (Å²) in [5, 5.41) is 2.48. The Hall–Kier alpha value is -4.54.